The van der Waals surface area contributed by atoms with Gasteiger partial charge in [0.1, 0.15) is 6.04 Å². The normalized spacial score (nSPS) is 15.2. The second kappa shape index (κ2) is 4.01. The third-order valence-electron chi connectivity index (χ3n) is 1.68. The number of carbonyl (C=O) groups is 1. The number of aliphatic hydroxyl groups is 1. The predicted octanol–water partition coefficient (Wildman–Crippen LogP) is -1.28. The number of carboxylic acids is 1. The number of imidazole rings is 1. The topological polar surface area (TPSA) is 112 Å². The highest BCUT2D eigenvalue weighted by Gasteiger charge is 2.22. The van der Waals surface area contributed by atoms with E-state index in [1.807, 2.05) is 0 Å². The average Bonchev–Trinajstić information content (AvgIpc) is 2.55. The molecular formula is C7H11N3O3. The van der Waals surface area contributed by atoms with Crippen LogP contribution in [0.15, 0.2) is 12.5 Å². The quantitative estimate of drug-likeness (QED) is 0.467. The van der Waals surface area contributed by atoms with Crippen LogP contribution >= 0.6 is 0 Å². The highest BCUT2D eigenvalue weighted by Crippen LogP contribution is 2.00. The van der Waals surface area contributed by atoms with Crippen LogP contribution < -0.4 is 5.73 Å². The molecule has 6 heteroatoms. The van der Waals surface area contributed by atoms with Crippen LogP contribution in [0, 0.1) is 0 Å². The van der Waals surface area contributed by atoms with Crippen molar-refractivity contribution in [2.45, 2.75) is 18.6 Å². The number of nitrogens with zero attached hydrogens (tertiary/aromatic N) is 1. The number of aliphatic carboxylic acids is 1. The van der Waals surface area contributed by atoms with E-state index in [9.17, 15) is 9.90 Å². The summed E-state index contributed by atoms with van der Waals surface area (Å²) < 4.78 is 0. The summed E-state index contributed by atoms with van der Waals surface area (Å²) in [4.78, 5) is 16.8. The van der Waals surface area contributed by atoms with Gasteiger partial charge in [0.15, 0.2) is 0 Å². The van der Waals surface area contributed by atoms with Crippen molar-refractivity contribution < 1.29 is 15.0 Å². The van der Waals surface area contributed by atoms with E-state index in [-0.39, 0.29) is 6.42 Å². The van der Waals surface area contributed by atoms with E-state index in [1.54, 1.807) is 0 Å². The van der Waals surface area contributed by atoms with Crippen LogP contribution in [0.1, 0.15) is 5.69 Å². The largest absolute Gasteiger partial charge is 0.480 e. The molecule has 13 heavy (non-hydrogen) atoms. The smallest absolute Gasteiger partial charge is 0.323 e. The van der Waals surface area contributed by atoms with Crippen molar-refractivity contribution in [1.82, 2.24) is 9.97 Å². The molecule has 0 bridgehead atoms. The Morgan fingerprint density at radius 2 is 2.46 bits per heavy atom. The maximum absolute atomic E-state index is 10.4. The lowest BCUT2D eigenvalue weighted by atomic mass is 10.1. The minimum atomic E-state index is -1.26. The van der Waals surface area contributed by atoms with E-state index in [1.165, 1.54) is 12.5 Å². The lowest BCUT2D eigenvalue weighted by molar-refractivity contribution is -0.141. The first-order chi connectivity index (χ1) is 6.11. The molecule has 72 valence electrons. The maximum atomic E-state index is 10.4. The van der Waals surface area contributed by atoms with Gasteiger partial charge < -0.3 is 20.9 Å². The second-order valence-corrected chi connectivity index (χ2v) is 2.71. The molecule has 0 aliphatic rings. The molecule has 0 aliphatic carbocycles. The van der Waals surface area contributed by atoms with Crippen molar-refractivity contribution in [3.63, 3.8) is 0 Å². The first kappa shape index (κ1) is 9.69. The summed E-state index contributed by atoms with van der Waals surface area (Å²) in [6, 6.07) is -1.26. The molecule has 1 heterocycles. The van der Waals surface area contributed by atoms with Crippen molar-refractivity contribution in [1.29, 1.82) is 0 Å². The summed E-state index contributed by atoms with van der Waals surface area (Å²) in [6.07, 6.45) is 2.03. The Bertz CT molecular complexity index is 273. The second-order valence-electron chi connectivity index (χ2n) is 2.71. The highest BCUT2D eigenvalue weighted by atomic mass is 16.4. The molecule has 0 radical (unpaired) electrons. The van der Waals surface area contributed by atoms with E-state index in [0.29, 0.717) is 5.69 Å². The van der Waals surface area contributed by atoms with Crippen molar-refractivity contribution in [2.24, 2.45) is 5.73 Å². The fourth-order valence-electron chi connectivity index (χ4n) is 0.913. The monoisotopic (exact) mass is 185 g/mol. The van der Waals surface area contributed by atoms with Crippen LogP contribution in [0.5, 0.6) is 0 Å². The van der Waals surface area contributed by atoms with Gasteiger partial charge in [0.2, 0.25) is 0 Å². The molecule has 2 atom stereocenters. The Labute approximate surface area is 74.4 Å². The molecule has 1 unspecified atom stereocenters. The molecule has 0 fully saturated rings. The molecule has 0 saturated carbocycles. The zero-order valence-corrected chi connectivity index (χ0v) is 6.84. The summed E-state index contributed by atoms with van der Waals surface area (Å²) in [5, 5.41) is 17.8. The van der Waals surface area contributed by atoms with E-state index in [2.05, 4.69) is 9.97 Å². The van der Waals surface area contributed by atoms with E-state index < -0.39 is 18.1 Å². The number of nitrogens with two attached hydrogens (primary N) is 1. The van der Waals surface area contributed by atoms with Crippen LogP contribution in [-0.2, 0) is 11.2 Å². The number of hydrogen-bond acceptors (Lipinski definition) is 4. The third-order valence-corrected chi connectivity index (χ3v) is 1.68. The van der Waals surface area contributed by atoms with Gasteiger partial charge in [0.25, 0.3) is 0 Å². The Balaban J connectivity index is 2.50. The molecule has 0 aliphatic heterocycles. The summed E-state index contributed by atoms with van der Waals surface area (Å²) in [5.74, 6) is -1.22. The number of rotatable bonds is 4. The molecule has 0 aromatic carbocycles. The minimum absolute atomic E-state index is 0.160. The van der Waals surface area contributed by atoms with Crippen molar-refractivity contribution >= 4 is 5.97 Å². The number of carboxylic acid groups (broad SMARTS) is 1. The molecule has 0 spiro atoms. The van der Waals surface area contributed by atoms with Crippen LogP contribution in [-0.4, -0.2) is 38.3 Å². The number of aromatic amines is 1. The molecule has 0 saturated heterocycles. The fourth-order valence-corrected chi connectivity index (χ4v) is 0.913. The van der Waals surface area contributed by atoms with Gasteiger partial charge in [-0.05, 0) is 0 Å². The van der Waals surface area contributed by atoms with Gasteiger partial charge in [-0.3, -0.25) is 4.79 Å². The average molecular weight is 185 g/mol. The zero-order valence-electron chi connectivity index (χ0n) is 6.84. The molecule has 1 aromatic rings. The lowest BCUT2D eigenvalue weighted by Gasteiger charge is -2.13. The summed E-state index contributed by atoms with van der Waals surface area (Å²) >= 11 is 0. The Morgan fingerprint density at radius 3 is 2.92 bits per heavy atom. The third kappa shape index (κ3) is 2.53. The molecule has 1 aromatic heterocycles. The van der Waals surface area contributed by atoms with Gasteiger partial charge >= 0.3 is 5.97 Å². The maximum Gasteiger partial charge on any atom is 0.323 e. The van der Waals surface area contributed by atoms with Gasteiger partial charge in [-0.2, -0.15) is 0 Å². The van der Waals surface area contributed by atoms with E-state index >= 15 is 0 Å². The number of H-pyrrole nitrogens is 1. The first-order valence-corrected chi connectivity index (χ1v) is 3.75. The van der Waals surface area contributed by atoms with Crippen molar-refractivity contribution in [3.05, 3.63) is 18.2 Å². The molecule has 0 amide bonds. The minimum Gasteiger partial charge on any atom is -0.480 e. The summed E-state index contributed by atoms with van der Waals surface area (Å²) in [6.45, 7) is 0. The number of hydrogen-bond donors (Lipinski definition) is 4. The van der Waals surface area contributed by atoms with Crippen LogP contribution in [0.2, 0.25) is 0 Å². The van der Waals surface area contributed by atoms with Crippen molar-refractivity contribution in [2.75, 3.05) is 0 Å². The first-order valence-electron chi connectivity index (χ1n) is 3.75. The lowest BCUT2D eigenvalue weighted by Crippen LogP contribution is -2.42. The molecule has 5 N–H and O–H groups in total. The van der Waals surface area contributed by atoms with Crippen LogP contribution in [0.25, 0.3) is 0 Å². The van der Waals surface area contributed by atoms with Gasteiger partial charge in [-0.1, -0.05) is 0 Å². The van der Waals surface area contributed by atoms with Gasteiger partial charge in [0, 0.05) is 18.3 Å². The Hall–Kier alpha value is -1.40. The molecule has 6 nitrogen and oxygen atoms in total. The van der Waals surface area contributed by atoms with Gasteiger partial charge in [-0.15, -0.1) is 0 Å². The van der Waals surface area contributed by atoms with Crippen LogP contribution in [0.4, 0.5) is 0 Å². The van der Waals surface area contributed by atoms with Crippen molar-refractivity contribution in [3.8, 4) is 0 Å². The Kier molecular flexibility index (Phi) is 2.99. The van der Waals surface area contributed by atoms with Gasteiger partial charge in [0.05, 0.1) is 12.4 Å². The molecule has 1 rings (SSSR count). The fraction of sp³-hybridized carbons (Fsp3) is 0.429. The summed E-state index contributed by atoms with van der Waals surface area (Å²) in [7, 11) is 0. The number of nitrogens with one attached hydrogen (secondary N) is 1. The standard InChI is InChI=1S/C7H11N3O3/c8-6(7(12)13)5(11)1-4-2-9-3-10-4/h2-3,5-6,11H,1,8H2,(H,9,10)(H,12,13)/t5?,6-/m0/s1. The number of aromatic nitrogens is 2. The zero-order chi connectivity index (χ0) is 9.84. The molecular weight excluding hydrogens is 174 g/mol. The highest BCUT2D eigenvalue weighted by molar-refractivity contribution is 5.73. The summed E-state index contributed by atoms with van der Waals surface area (Å²) in [5.41, 5.74) is 5.85. The van der Waals surface area contributed by atoms with Gasteiger partial charge in [-0.25, -0.2) is 4.98 Å². The van der Waals surface area contributed by atoms with E-state index in [0.717, 1.165) is 0 Å². The number of aliphatic hydroxyl groups excluding tert-OH is 1. The van der Waals surface area contributed by atoms with E-state index in [4.69, 9.17) is 10.8 Å². The Morgan fingerprint density at radius 1 is 1.77 bits per heavy atom. The van der Waals surface area contributed by atoms with Crippen LogP contribution in [0.3, 0.4) is 0 Å². The SMILES string of the molecule is N[C@H](C(=O)O)C(O)Cc1cnc[nH]1. The predicted molar refractivity (Wildman–Crippen MR) is 43.9 cm³/mol.